The van der Waals surface area contributed by atoms with Crippen molar-refractivity contribution < 1.29 is 32.2 Å². The van der Waals surface area contributed by atoms with Gasteiger partial charge in [-0.25, -0.2) is 4.79 Å². The Hall–Kier alpha value is -2.91. The number of halogens is 3. The van der Waals surface area contributed by atoms with Crippen LogP contribution in [-0.4, -0.2) is 71.8 Å². The number of alkyl halides is 3. The first kappa shape index (κ1) is 25.7. The Morgan fingerprint density at radius 1 is 1.11 bits per heavy atom. The van der Waals surface area contributed by atoms with Crippen LogP contribution in [0.2, 0.25) is 0 Å². The smallest absolute Gasteiger partial charge is 0.462 e. The second-order valence-corrected chi connectivity index (χ2v) is 10.3. The fourth-order valence-corrected chi connectivity index (χ4v) is 5.84. The fraction of sp³-hybridized carbons (Fsp3) is 0.500. The van der Waals surface area contributed by atoms with E-state index in [1.807, 2.05) is 42.5 Å². The van der Waals surface area contributed by atoms with Gasteiger partial charge in [0.15, 0.2) is 0 Å². The van der Waals surface area contributed by atoms with Gasteiger partial charge in [0.05, 0.1) is 17.8 Å². The summed E-state index contributed by atoms with van der Waals surface area (Å²) in [6, 6.07) is 15.7. The lowest BCUT2D eigenvalue weighted by Gasteiger charge is -2.54. The number of rotatable bonds is 7. The van der Waals surface area contributed by atoms with E-state index in [9.17, 15) is 22.8 Å². The molecule has 1 unspecified atom stereocenters. The first-order valence-corrected chi connectivity index (χ1v) is 12.8. The van der Waals surface area contributed by atoms with Crippen LogP contribution in [0.5, 0.6) is 0 Å². The maximum Gasteiger partial charge on any atom is 0.471 e. The van der Waals surface area contributed by atoms with Crippen molar-refractivity contribution in [2.24, 2.45) is 0 Å². The zero-order valence-corrected chi connectivity index (χ0v) is 20.7. The van der Waals surface area contributed by atoms with Gasteiger partial charge >= 0.3 is 18.1 Å². The molecule has 1 amide bonds. The molecule has 5 rings (SSSR count). The van der Waals surface area contributed by atoms with Crippen molar-refractivity contribution in [2.45, 2.75) is 62.5 Å². The third kappa shape index (κ3) is 5.52. The minimum Gasteiger partial charge on any atom is -0.462 e. The van der Waals surface area contributed by atoms with Crippen LogP contribution in [0.3, 0.4) is 0 Å². The van der Waals surface area contributed by atoms with Crippen LogP contribution in [0, 0.1) is 0 Å². The van der Waals surface area contributed by atoms with Crippen molar-refractivity contribution >= 4 is 11.9 Å². The van der Waals surface area contributed by atoms with Gasteiger partial charge in [0.2, 0.25) is 0 Å². The number of esters is 1. The Bertz CT molecular complexity index is 1120. The largest absolute Gasteiger partial charge is 0.471 e. The van der Waals surface area contributed by atoms with E-state index in [2.05, 4.69) is 4.90 Å². The number of hydrogen-bond acceptors (Lipinski definition) is 5. The van der Waals surface area contributed by atoms with Gasteiger partial charge in [0, 0.05) is 44.2 Å². The Morgan fingerprint density at radius 2 is 1.81 bits per heavy atom. The monoisotopic (exact) mass is 516 g/mol. The highest BCUT2D eigenvalue weighted by Gasteiger charge is 2.57. The number of amides is 1. The minimum absolute atomic E-state index is 0.0678. The molecule has 0 radical (unpaired) electrons. The number of carbonyl (C=O) groups excluding carboxylic acids is 2. The second kappa shape index (κ2) is 10.1. The Balaban J connectivity index is 1.23. The summed E-state index contributed by atoms with van der Waals surface area (Å²) in [4.78, 5) is 27.7. The third-order valence-electron chi connectivity index (χ3n) is 7.57. The zero-order valence-electron chi connectivity index (χ0n) is 20.7. The van der Waals surface area contributed by atoms with Crippen LogP contribution in [0.4, 0.5) is 13.2 Å². The van der Waals surface area contributed by atoms with Gasteiger partial charge in [0.25, 0.3) is 0 Å². The van der Waals surface area contributed by atoms with E-state index in [1.54, 1.807) is 19.1 Å². The molecular weight excluding hydrogens is 485 g/mol. The summed E-state index contributed by atoms with van der Waals surface area (Å²) in [5, 5.41) is 0. The van der Waals surface area contributed by atoms with Gasteiger partial charge in [-0.2, -0.15) is 13.2 Å². The molecule has 0 N–H and O–H groups in total. The van der Waals surface area contributed by atoms with Crippen LogP contribution < -0.4 is 0 Å². The number of nitrogens with zero attached hydrogens (tertiary/aromatic N) is 2. The lowest BCUT2D eigenvalue weighted by atomic mass is 9.82. The van der Waals surface area contributed by atoms with Crippen molar-refractivity contribution in [1.29, 1.82) is 0 Å². The molecule has 0 bridgehead atoms. The first-order chi connectivity index (χ1) is 17.7. The van der Waals surface area contributed by atoms with Gasteiger partial charge in [-0.3, -0.25) is 9.69 Å². The lowest BCUT2D eigenvalue weighted by Crippen LogP contribution is -2.67. The van der Waals surface area contributed by atoms with Crippen LogP contribution in [0.15, 0.2) is 54.6 Å². The molecule has 9 heteroatoms. The van der Waals surface area contributed by atoms with Crippen LogP contribution in [0.1, 0.15) is 53.6 Å². The van der Waals surface area contributed by atoms with Crippen molar-refractivity contribution in [3.8, 4) is 0 Å². The summed E-state index contributed by atoms with van der Waals surface area (Å²) in [6.07, 6.45) is -3.57. The highest BCUT2D eigenvalue weighted by Crippen LogP contribution is 2.49. The van der Waals surface area contributed by atoms with Gasteiger partial charge in [-0.15, -0.1) is 0 Å². The van der Waals surface area contributed by atoms with E-state index < -0.39 is 29.8 Å². The lowest BCUT2D eigenvalue weighted by molar-refractivity contribution is -0.205. The molecule has 3 aliphatic rings. The Labute approximate surface area is 214 Å². The molecule has 2 aliphatic heterocycles. The molecule has 1 aliphatic carbocycles. The van der Waals surface area contributed by atoms with E-state index in [-0.39, 0.29) is 11.9 Å². The average molecular weight is 517 g/mol. The number of carbonyl (C=O) groups is 2. The molecule has 3 atom stereocenters. The number of hydrogen-bond donors (Lipinski definition) is 0. The summed E-state index contributed by atoms with van der Waals surface area (Å²) in [5.41, 5.74) is 1.94. The summed E-state index contributed by atoms with van der Waals surface area (Å²) >= 11 is 0. The van der Waals surface area contributed by atoms with Crippen molar-refractivity contribution in [2.75, 3.05) is 26.3 Å². The van der Waals surface area contributed by atoms with E-state index in [0.717, 1.165) is 16.0 Å². The summed E-state index contributed by atoms with van der Waals surface area (Å²) < 4.78 is 52.0. The maximum absolute atomic E-state index is 13.6. The summed E-state index contributed by atoms with van der Waals surface area (Å²) in [7, 11) is 0. The molecule has 37 heavy (non-hydrogen) atoms. The molecular formula is C28H31F3N2O4. The predicted molar refractivity (Wildman–Crippen MR) is 130 cm³/mol. The Morgan fingerprint density at radius 3 is 2.46 bits per heavy atom. The van der Waals surface area contributed by atoms with Gasteiger partial charge in [-0.1, -0.05) is 42.5 Å². The summed E-state index contributed by atoms with van der Waals surface area (Å²) in [6.45, 7) is 4.22. The minimum atomic E-state index is -4.91. The normalized spacial score (nSPS) is 24.8. The van der Waals surface area contributed by atoms with E-state index in [4.69, 9.17) is 9.47 Å². The highest BCUT2D eigenvalue weighted by atomic mass is 19.4. The van der Waals surface area contributed by atoms with Crippen molar-refractivity contribution in [3.05, 3.63) is 71.3 Å². The van der Waals surface area contributed by atoms with E-state index >= 15 is 0 Å². The second-order valence-electron chi connectivity index (χ2n) is 10.3. The standard InChI is InChI=1S/C28H31F3N2O4/c1-2-36-25(34)21-10-8-19(9-11-21)16-32-17-27(18-32)15-22(12-13-37-27)33(26(35)28(29,30)31)24-14-23(24)20-6-4-3-5-7-20/h3-11,22-24H,2,12-18H2,1H3/t22?,23-,24+/m0/s1. The van der Waals surface area contributed by atoms with Gasteiger partial charge in [0.1, 0.15) is 0 Å². The molecule has 1 spiro atoms. The molecule has 0 aromatic heterocycles. The molecule has 1 saturated carbocycles. The summed E-state index contributed by atoms with van der Waals surface area (Å²) in [5.74, 6) is -2.17. The topological polar surface area (TPSA) is 59.1 Å². The van der Waals surface area contributed by atoms with Crippen molar-refractivity contribution in [3.63, 3.8) is 0 Å². The van der Waals surface area contributed by atoms with Crippen LogP contribution >= 0.6 is 0 Å². The Kier molecular flexibility index (Phi) is 7.02. The van der Waals surface area contributed by atoms with Gasteiger partial charge in [-0.05, 0) is 49.4 Å². The first-order valence-electron chi connectivity index (χ1n) is 12.8. The zero-order chi connectivity index (χ0) is 26.2. The fourth-order valence-electron chi connectivity index (χ4n) is 5.84. The molecule has 2 saturated heterocycles. The van der Waals surface area contributed by atoms with Crippen LogP contribution in [0.25, 0.3) is 0 Å². The quantitative estimate of drug-likeness (QED) is 0.506. The van der Waals surface area contributed by atoms with Crippen LogP contribution in [-0.2, 0) is 20.8 Å². The van der Waals surface area contributed by atoms with E-state index in [0.29, 0.717) is 57.7 Å². The molecule has 2 aromatic rings. The maximum atomic E-state index is 13.6. The molecule has 2 heterocycles. The third-order valence-corrected chi connectivity index (χ3v) is 7.57. The highest BCUT2D eigenvalue weighted by molar-refractivity contribution is 5.89. The van der Waals surface area contributed by atoms with E-state index in [1.165, 1.54) is 0 Å². The van der Waals surface area contributed by atoms with Crippen molar-refractivity contribution in [1.82, 2.24) is 9.80 Å². The molecule has 198 valence electrons. The molecule has 2 aromatic carbocycles. The number of benzene rings is 2. The average Bonchev–Trinajstić information content (AvgIpc) is 3.64. The SMILES string of the molecule is CCOC(=O)c1ccc(CN2CC3(CC(N(C(=O)C(F)(F)F)[C@@H]4C[C@H]4c4ccccc4)CCO3)C2)cc1. The van der Waals surface area contributed by atoms with Gasteiger partial charge < -0.3 is 14.4 Å². The molecule has 6 nitrogen and oxygen atoms in total. The number of ether oxygens (including phenoxy) is 2. The predicted octanol–water partition coefficient (Wildman–Crippen LogP) is 4.54. The molecule has 3 fully saturated rings. The number of likely N-dealkylation sites (tertiary alicyclic amines) is 1.